The quantitative estimate of drug-likeness (QED) is 0.623. The number of hydrogen-bond donors (Lipinski definition) is 1. The summed E-state index contributed by atoms with van der Waals surface area (Å²) in [6.07, 6.45) is 0. The van der Waals surface area contributed by atoms with Gasteiger partial charge in [-0.15, -0.1) is 0 Å². The molecule has 0 unspecified atom stereocenters. The van der Waals surface area contributed by atoms with Crippen LogP contribution >= 0.6 is 7.92 Å². The molecule has 0 bridgehead atoms. The van der Waals surface area contributed by atoms with Gasteiger partial charge in [-0.2, -0.15) is 0 Å². The fraction of sp³-hybridized carbons (Fsp3) is 0.217. The number of aliphatic hydroxyl groups excluding tert-OH is 1. The van der Waals surface area contributed by atoms with Gasteiger partial charge in [0, 0.05) is 21.5 Å². The van der Waals surface area contributed by atoms with E-state index in [2.05, 4.69) is 18.2 Å². The number of para-hydroxylation sites is 2. The molecule has 0 spiro atoms. The molecule has 0 aliphatic carbocycles. The van der Waals surface area contributed by atoms with E-state index in [1.165, 1.54) is 0 Å². The zero-order valence-electron chi connectivity index (χ0n) is 16.6. The Morgan fingerprint density at radius 3 is 1.75 bits per heavy atom. The van der Waals surface area contributed by atoms with Crippen LogP contribution in [0.15, 0.2) is 60.7 Å². The Kier molecular flexibility index (Phi) is 6.56. The number of methoxy groups -OCH3 is 3. The van der Waals surface area contributed by atoms with E-state index in [-0.39, 0.29) is 6.61 Å². The van der Waals surface area contributed by atoms with E-state index >= 15 is 0 Å². The SMILES string of the molecule is COc1ccccc1P(c1ccccc1OC)c1cc(C)cc(CO)c1OC. The second-order valence-electron chi connectivity index (χ2n) is 6.31. The van der Waals surface area contributed by atoms with E-state index in [4.69, 9.17) is 14.2 Å². The minimum atomic E-state index is -1.05. The first-order valence-electron chi connectivity index (χ1n) is 8.99. The van der Waals surface area contributed by atoms with Gasteiger partial charge in [-0.25, -0.2) is 0 Å². The highest BCUT2D eigenvalue weighted by atomic mass is 31.1. The van der Waals surface area contributed by atoms with Gasteiger partial charge in [0.2, 0.25) is 0 Å². The molecular formula is C23H25O4P. The van der Waals surface area contributed by atoms with Crippen LogP contribution in [0.25, 0.3) is 0 Å². The first-order chi connectivity index (χ1) is 13.6. The average Bonchev–Trinajstić information content (AvgIpc) is 2.74. The lowest BCUT2D eigenvalue weighted by Gasteiger charge is -2.26. The van der Waals surface area contributed by atoms with Crippen LogP contribution in [0.3, 0.4) is 0 Å². The van der Waals surface area contributed by atoms with Crippen LogP contribution < -0.4 is 30.1 Å². The summed E-state index contributed by atoms with van der Waals surface area (Å²) < 4.78 is 17.1. The van der Waals surface area contributed by atoms with Crippen molar-refractivity contribution >= 4 is 23.8 Å². The van der Waals surface area contributed by atoms with Crippen LogP contribution in [-0.4, -0.2) is 26.4 Å². The summed E-state index contributed by atoms with van der Waals surface area (Å²) in [5, 5.41) is 13.1. The molecule has 5 heteroatoms. The normalized spacial score (nSPS) is 10.8. The van der Waals surface area contributed by atoms with Gasteiger partial charge >= 0.3 is 0 Å². The number of aryl methyl sites for hydroxylation is 1. The van der Waals surface area contributed by atoms with Crippen LogP contribution in [-0.2, 0) is 6.61 Å². The Hall–Kier alpha value is -2.55. The van der Waals surface area contributed by atoms with Crippen LogP contribution in [0.4, 0.5) is 0 Å². The summed E-state index contributed by atoms with van der Waals surface area (Å²) in [4.78, 5) is 0. The molecule has 0 atom stereocenters. The van der Waals surface area contributed by atoms with E-state index in [0.717, 1.165) is 38.5 Å². The summed E-state index contributed by atoms with van der Waals surface area (Å²) in [5.74, 6) is 2.33. The lowest BCUT2D eigenvalue weighted by molar-refractivity contribution is 0.274. The third kappa shape index (κ3) is 3.84. The summed E-state index contributed by atoms with van der Waals surface area (Å²) in [5.41, 5.74) is 1.84. The highest BCUT2D eigenvalue weighted by Gasteiger charge is 2.27. The molecule has 4 nitrogen and oxygen atoms in total. The largest absolute Gasteiger partial charge is 0.496 e. The van der Waals surface area contributed by atoms with Gasteiger partial charge in [-0.1, -0.05) is 42.5 Å². The number of aliphatic hydroxyl groups is 1. The first-order valence-corrected chi connectivity index (χ1v) is 10.3. The average molecular weight is 396 g/mol. The van der Waals surface area contributed by atoms with Crippen molar-refractivity contribution in [3.05, 3.63) is 71.8 Å². The highest BCUT2D eigenvalue weighted by molar-refractivity contribution is 7.80. The molecule has 0 radical (unpaired) electrons. The Bertz CT molecular complexity index is 908. The molecule has 28 heavy (non-hydrogen) atoms. The minimum Gasteiger partial charge on any atom is -0.496 e. The van der Waals surface area contributed by atoms with E-state index in [1.54, 1.807) is 21.3 Å². The molecule has 0 amide bonds. The van der Waals surface area contributed by atoms with Crippen molar-refractivity contribution in [2.45, 2.75) is 13.5 Å². The lowest BCUT2D eigenvalue weighted by Crippen LogP contribution is -2.25. The van der Waals surface area contributed by atoms with Gasteiger partial charge in [-0.05, 0) is 38.6 Å². The number of ether oxygens (including phenoxy) is 3. The van der Waals surface area contributed by atoms with Crippen molar-refractivity contribution in [2.75, 3.05) is 21.3 Å². The van der Waals surface area contributed by atoms with E-state index in [9.17, 15) is 5.11 Å². The van der Waals surface area contributed by atoms with Crippen LogP contribution in [0.1, 0.15) is 11.1 Å². The molecule has 0 heterocycles. The molecule has 3 aromatic carbocycles. The van der Waals surface area contributed by atoms with E-state index < -0.39 is 7.92 Å². The third-order valence-corrected chi connectivity index (χ3v) is 7.07. The zero-order valence-corrected chi connectivity index (χ0v) is 17.5. The van der Waals surface area contributed by atoms with Crippen molar-refractivity contribution in [3.63, 3.8) is 0 Å². The van der Waals surface area contributed by atoms with Crippen molar-refractivity contribution in [3.8, 4) is 17.2 Å². The summed E-state index contributed by atoms with van der Waals surface area (Å²) in [6, 6.07) is 20.1. The molecule has 0 aromatic heterocycles. The van der Waals surface area contributed by atoms with Crippen LogP contribution in [0, 0.1) is 6.92 Å². The monoisotopic (exact) mass is 396 g/mol. The van der Waals surface area contributed by atoms with E-state index in [1.807, 2.05) is 49.4 Å². The topological polar surface area (TPSA) is 47.9 Å². The second kappa shape index (κ2) is 9.09. The molecule has 1 N–H and O–H groups in total. The van der Waals surface area contributed by atoms with Gasteiger partial charge < -0.3 is 19.3 Å². The molecule has 0 aliphatic heterocycles. The fourth-order valence-electron chi connectivity index (χ4n) is 3.37. The molecule has 0 saturated carbocycles. The van der Waals surface area contributed by atoms with E-state index in [0.29, 0.717) is 5.75 Å². The van der Waals surface area contributed by atoms with Crippen molar-refractivity contribution in [1.82, 2.24) is 0 Å². The first kappa shape index (κ1) is 20.2. The smallest absolute Gasteiger partial charge is 0.132 e. The lowest BCUT2D eigenvalue weighted by atomic mass is 10.1. The van der Waals surface area contributed by atoms with Crippen molar-refractivity contribution < 1.29 is 19.3 Å². The summed E-state index contributed by atoms with van der Waals surface area (Å²) in [6.45, 7) is 1.94. The minimum absolute atomic E-state index is 0.0844. The Labute approximate surface area is 167 Å². The molecule has 3 aromatic rings. The summed E-state index contributed by atoms with van der Waals surface area (Å²) in [7, 11) is 3.96. The van der Waals surface area contributed by atoms with Crippen molar-refractivity contribution in [2.24, 2.45) is 0 Å². The van der Waals surface area contributed by atoms with Gasteiger partial charge in [-0.3, -0.25) is 0 Å². The second-order valence-corrected chi connectivity index (χ2v) is 8.43. The fourth-order valence-corrected chi connectivity index (χ4v) is 6.16. The maximum atomic E-state index is 9.90. The Morgan fingerprint density at radius 2 is 1.29 bits per heavy atom. The van der Waals surface area contributed by atoms with Crippen LogP contribution in [0.5, 0.6) is 17.2 Å². The van der Waals surface area contributed by atoms with Crippen LogP contribution in [0.2, 0.25) is 0 Å². The maximum absolute atomic E-state index is 9.90. The van der Waals surface area contributed by atoms with Gasteiger partial charge in [0.15, 0.2) is 0 Å². The highest BCUT2D eigenvalue weighted by Crippen LogP contribution is 2.43. The number of rotatable bonds is 7. The van der Waals surface area contributed by atoms with Gasteiger partial charge in [0.1, 0.15) is 17.2 Å². The molecule has 146 valence electrons. The maximum Gasteiger partial charge on any atom is 0.132 e. The molecule has 3 rings (SSSR count). The zero-order chi connectivity index (χ0) is 20.1. The molecule has 0 saturated heterocycles. The molecular weight excluding hydrogens is 371 g/mol. The third-order valence-electron chi connectivity index (χ3n) is 4.56. The van der Waals surface area contributed by atoms with Crippen molar-refractivity contribution in [1.29, 1.82) is 0 Å². The van der Waals surface area contributed by atoms with Gasteiger partial charge in [0.05, 0.1) is 27.9 Å². The standard InChI is InChI=1S/C23H25O4P/c1-16-13-17(15-24)23(27-4)22(14-16)28(20-11-7-5-9-18(20)25-2)21-12-8-6-10-19(21)26-3/h5-14,24H,15H2,1-4H3. The predicted octanol–water partition coefficient (Wildman–Crippen LogP) is 3.27. The molecule has 0 aliphatic rings. The van der Waals surface area contributed by atoms with Gasteiger partial charge in [0.25, 0.3) is 0 Å². The molecule has 0 fully saturated rings. The Balaban J connectivity index is 2.37. The summed E-state index contributed by atoms with van der Waals surface area (Å²) >= 11 is 0. The number of hydrogen-bond acceptors (Lipinski definition) is 4. The predicted molar refractivity (Wildman–Crippen MR) is 115 cm³/mol. The Morgan fingerprint density at radius 1 is 0.750 bits per heavy atom. The number of benzene rings is 3.